The Morgan fingerprint density at radius 2 is 1.55 bits per heavy atom. The summed E-state index contributed by atoms with van der Waals surface area (Å²) in [6, 6.07) is 14.0. The van der Waals surface area contributed by atoms with Crippen molar-refractivity contribution in [3.8, 4) is 27.8 Å². The second kappa shape index (κ2) is 10.1. The maximum Gasteiger partial charge on any atom is 0.129 e. The van der Waals surface area contributed by atoms with E-state index in [9.17, 15) is 0 Å². The molecule has 0 aliphatic carbocycles. The average Bonchev–Trinajstić information content (AvgIpc) is 3.28. The van der Waals surface area contributed by atoms with Gasteiger partial charge < -0.3 is 14.2 Å². The number of hydrogen-bond acceptors (Lipinski definition) is 7. The van der Waals surface area contributed by atoms with Gasteiger partial charge in [0.15, 0.2) is 0 Å². The summed E-state index contributed by atoms with van der Waals surface area (Å²) in [7, 11) is 5.12. The number of ether oxygens (including phenoxy) is 3. The highest BCUT2D eigenvalue weighted by Crippen LogP contribution is 2.32. The van der Waals surface area contributed by atoms with E-state index in [1.54, 1.807) is 32.7 Å². The molecule has 0 amide bonds. The second-order valence-corrected chi connectivity index (χ2v) is 8.43. The van der Waals surface area contributed by atoms with Gasteiger partial charge in [-0.3, -0.25) is 9.80 Å². The van der Waals surface area contributed by atoms with Crippen LogP contribution < -0.4 is 14.2 Å². The molecule has 0 bridgehead atoms. The SMILES string of the molecule is COc1ccc(OC)c(CN2CCN(Cc3csc(-c4ccccc4OC)n3)CC2)c1. The van der Waals surface area contributed by atoms with E-state index in [2.05, 4.69) is 27.3 Å². The largest absolute Gasteiger partial charge is 0.497 e. The molecule has 1 aliphatic heterocycles. The van der Waals surface area contributed by atoms with Gasteiger partial charge in [-0.25, -0.2) is 4.98 Å². The van der Waals surface area contributed by atoms with Crippen LogP contribution in [0.2, 0.25) is 0 Å². The van der Waals surface area contributed by atoms with Crippen molar-refractivity contribution in [2.75, 3.05) is 47.5 Å². The number of aromatic nitrogens is 1. The van der Waals surface area contributed by atoms with E-state index in [0.717, 1.165) is 78.3 Å². The molecule has 1 aromatic heterocycles. The van der Waals surface area contributed by atoms with Crippen molar-refractivity contribution in [1.29, 1.82) is 0 Å². The summed E-state index contributed by atoms with van der Waals surface area (Å²) in [5.74, 6) is 2.64. The zero-order valence-electron chi connectivity index (χ0n) is 18.3. The van der Waals surface area contributed by atoms with Gasteiger partial charge in [0.25, 0.3) is 0 Å². The molecule has 0 N–H and O–H groups in total. The molecule has 31 heavy (non-hydrogen) atoms. The van der Waals surface area contributed by atoms with E-state index in [1.807, 2.05) is 30.3 Å². The first-order valence-corrected chi connectivity index (χ1v) is 11.3. The summed E-state index contributed by atoms with van der Waals surface area (Å²) in [4.78, 5) is 9.80. The number of para-hydroxylation sites is 1. The van der Waals surface area contributed by atoms with Gasteiger partial charge in [-0.1, -0.05) is 12.1 Å². The van der Waals surface area contributed by atoms with Crippen LogP contribution in [0.4, 0.5) is 0 Å². The van der Waals surface area contributed by atoms with Crippen molar-refractivity contribution in [3.63, 3.8) is 0 Å². The predicted molar refractivity (Wildman–Crippen MR) is 124 cm³/mol. The lowest BCUT2D eigenvalue weighted by Crippen LogP contribution is -2.45. The number of methoxy groups -OCH3 is 3. The average molecular weight is 440 g/mol. The monoisotopic (exact) mass is 439 g/mol. The first kappa shape index (κ1) is 21.6. The van der Waals surface area contributed by atoms with Crippen LogP contribution in [-0.4, -0.2) is 62.3 Å². The topological polar surface area (TPSA) is 47.1 Å². The Labute approximate surface area is 188 Å². The third-order valence-corrected chi connectivity index (χ3v) is 6.55. The fraction of sp³-hybridized carbons (Fsp3) is 0.375. The van der Waals surface area contributed by atoms with Crippen molar-refractivity contribution in [3.05, 3.63) is 59.1 Å². The third-order valence-electron chi connectivity index (χ3n) is 5.62. The quantitative estimate of drug-likeness (QED) is 0.525. The highest BCUT2D eigenvalue weighted by atomic mass is 32.1. The molecular formula is C24H29N3O3S. The lowest BCUT2D eigenvalue weighted by molar-refractivity contribution is 0.120. The molecule has 1 fully saturated rings. The maximum atomic E-state index is 5.53. The summed E-state index contributed by atoms with van der Waals surface area (Å²) in [6.45, 7) is 5.82. The summed E-state index contributed by atoms with van der Waals surface area (Å²) in [5, 5.41) is 3.17. The van der Waals surface area contributed by atoms with E-state index in [0.29, 0.717) is 0 Å². The molecule has 164 valence electrons. The van der Waals surface area contributed by atoms with Crippen LogP contribution in [0.1, 0.15) is 11.3 Å². The Balaban J connectivity index is 1.34. The van der Waals surface area contributed by atoms with Crippen LogP contribution in [0.5, 0.6) is 17.2 Å². The predicted octanol–water partition coefficient (Wildman–Crippen LogP) is 4.15. The van der Waals surface area contributed by atoms with Gasteiger partial charge >= 0.3 is 0 Å². The number of nitrogens with zero attached hydrogens (tertiary/aromatic N) is 3. The van der Waals surface area contributed by atoms with Gasteiger partial charge in [-0.05, 0) is 30.3 Å². The summed E-state index contributed by atoms with van der Waals surface area (Å²) in [5.41, 5.74) is 3.34. The van der Waals surface area contributed by atoms with E-state index in [-0.39, 0.29) is 0 Å². The van der Waals surface area contributed by atoms with Crippen LogP contribution in [0.3, 0.4) is 0 Å². The van der Waals surface area contributed by atoms with Gasteiger partial charge in [0.1, 0.15) is 22.3 Å². The standard InChI is InChI=1S/C24H29N3O3S/c1-28-20-8-9-22(29-2)18(14-20)15-26-10-12-27(13-11-26)16-19-17-31-24(25-19)21-6-4-5-7-23(21)30-3/h4-9,14,17H,10-13,15-16H2,1-3H3. The van der Waals surface area contributed by atoms with Crippen molar-refractivity contribution < 1.29 is 14.2 Å². The zero-order chi connectivity index (χ0) is 21.6. The van der Waals surface area contributed by atoms with Gasteiger partial charge in [-0.15, -0.1) is 11.3 Å². The smallest absolute Gasteiger partial charge is 0.129 e. The van der Waals surface area contributed by atoms with Gasteiger partial charge in [0.05, 0.1) is 32.6 Å². The molecular weight excluding hydrogens is 410 g/mol. The van der Waals surface area contributed by atoms with E-state index in [1.165, 1.54) is 0 Å². The maximum absolute atomic E-state index is 5.53. The molecule has 3 aromatic rings. The number of rotatable bonds is 8. The molecule has 0 unspecified atom stereocenters. The van der Waals surface area contributed by atoms with Crippen LogP contribution in [0.15, 0.2) is 47.8 Å². The molecule has 1 saturated heterocycles. The van der Waals surface area contributed by atoms with E-state index >= 15 is 0 Å². The van der Waals surface area contributed by atoms with Crippen LogP contribution in [0, 0.1) is 0 Å². The molecule has 2 aromatic carbocycles. The zero-order valence-corrected chi connectivity index (χ0v) is 19.2. The molecule has 4 rings (SSSR count). The molecule has 2 heterocycles. The minimum atomic E-state index is 0.864. The highest BCUT2D eigenvalue weighted by molar-refractivity contribution is 7.13. The molecule has 0 radical (unpaired) electrons. The van der Waals surface area contributed by atoms with Crippen LogP contribution in [-0.2, 0) is 13.1 Å². The van der Waals surface area contributed by atoms with E-state index in [4.69, 9.17) is 19.2 Å². The second-order valence-electron chi connectivity index (χ2n) is 7.57. The number of piperazine rings is 1. The number of thiazole rings is 1. The van der Waals surface area contributed by atoms with Crippen molar-refractivity contribution in [2.24, 2.45) is 0 Å². The fourth-order valence-corrected chi connectivity index (χ4v) is 4.75. The molecule has 0 spiro atoms. The fourth-order valence-electron chi connectivity index (χ4n) is 3.91. The summed E-state index contributed by atoms with van der Waals surface area (Å²) < 4.78 is 16.4. The van der Waals surface area contributed by atoms with E-state index < -0.39 is 0 Å². The molecule has 0 atom stereocenters. The highest BCUT2D eigenvalue weighted by Gasteiger charge is 2.20. The van der Waals surface area contributed by atoms with Crippen molar-refractivity contribution in [2.45, 2.75) is 13.1 Å². The normalized spacial score (nSPS) is 15.1. The first-order chi connectivity index (χ1) is 15.2. The number of hydrogen-bond donors (Lipinski definition) is 0. The summed E-state index contributed by atoms with van der Waals surface area (Å²) in [6.07, 6.45) is 0. The van der Waals surface area contributed by atoms with Gasteiger partial charge in [-0.2, -0.15) is 0 Å². The lowest BCUT2D eigenvalue weighted by atomic mass is 10.1. The van der Waals surface area contributed by atoms with Gasteiger partial charge in [0.2, 0.25) is 0 Å². The molecule has 0 saturated carbocycles. The minimum Gasteiger partial charge on any atom is -0.497 e. The van der Waals surface area contributed by atoms with Crippen molar-refractivity contribution in [1.82, 2.24) is 14.8 Å². The summed E-state index contributed by atoms with van der Waals surface area (Å²) >= 11 is 1.68. The Kier molecular flexibility index (Phi) is 7.06. The molecule has 6 nitrogen and oxygen atoms in total. The van der Waals surface area contributed by atoms with Crippen molar-refractivity contribution >= 4 is 11.3 Å². The lowest BCUT2D eigenvalue weighted by Gasteiger charge is -2.34. The first-order valence-electron chi connectivity index (χ1n) is 10.4. The van der Waals surface area contributed by atoms with Crippen LogP contribution in [0.25, 0.3) is 10.6 Å². The third kappa shape index (κ3) is 5.18. The number of benzene rings is 2. The van der Waals surface area contributed by atoms with Gasteiger partial charge in [0, 0.05) is 50.2 Å². The van der Waals surface area contributed by atoms with Crippen LogP contribution >= 0.6 is 11.3 Å². The molecule has 7 heteroatoms. The Morgan fingerprint density at radius 3 is 2.26 bits per heavy atom. The Morgan fingerprint density at radius 1 is 0.839 bits per heavy atom. The molecule has 1 aliphatic rings. The Bertz CT molecular complexity index is 999. The minimum absolute atomic E-state index is 0.864. The Hall–Kier alpha value is -2.61.